The SMILES string of the molecule is CC(=O)c1ccc(F)c(C)c1I. The fourth-order valence-electron chi connectivity index (χ4n) is 0.933. The molecule has 0 radical (unpaired) electrons. The predicted octanol–water partition coefficient (Wildman–Crippen LogP) is 2.94. The molecule has 0 atom stereocenters. The quantitative estimate of drug-likeness (QED) is 0.570. The van der Waals surface area contributed by atoms with Crippen molar-refractivity contribution in [3.05, 3.63) is 32.6 Å². The highest BCUT2D eigenvalue weighted by molar-refractivity contribution is 14.1. The zero-order chi connectivity index (χ0) is 9.30. The number of carbonyl (C=O) groups excluding carboxylic acids is 1. The molecular weight excluding hydrogens is 270 g/mol. The lowest BCUT2D eigenvalue weighted by atomic mass is 10.1. The van der Waals surface area contributed by atoms with Crippen LogP contribution in [0.3, 0.4) is 0 Å². The number of Topliss-reactive ketones (excluding diaryl/α,β-unsaturated/α-hetero) is 1. The third-order valence-corrected chi connectivity index (χ3v) is 3.09. The molecule has 0 bridgehead atoms. The van der Waals surface area contributed by atoms with E-state index >= 15 is 0 Å². The maximum absolute atomic E-state index is 12.9. The minimum atomic E-state index is -0.260. The van der Waals surface area contributed by atoms with E-state index in [1.54, 1.807) is 6.92 Å². The second-order valence-corrected chi connectivity index (χ2v) is 3.67. The third-order valence-electron chi connectivity index (χ3n) is 1.70. The molecule has 1 aromatic carbocycles. The van der Waals surface area contributed by atoms with Crippen molar-refractivity contribution in [1.29, 1.82) is 0 Å². The van der Waals surface area contributed by atoms with Crippen molar-refractivity contribution < 1.29 is 9.18 Å². The Kier molecular flexibility index (Phi) is 2.82. The van der Waals surface area contributed by atoms with E-state index in [0.29, 0.717) is 14.7 Å². The molecule has 0 heterocycles. The molecule has 0 aliphatic carbocycles. The monoisotopic (exact) mass is 278 g/mol. The van der Waals surface area contributed by atoms with E-state index in [2.05, 4.69) is 0 Å². The highest BCUT2D eigenvalue weighted by atomic mass is 127. The van der Waals surface area contributed by atoms with E-state index in [-0.39, 0.29) is 11.6 Å². The summed E-state index contributed by atoms with van der Waals surface area (Å²) in [4.78, 5) is 11.0. The van der Waals surface area contributed by atoms with Gasteiger partial charge in [-0.05, 0) is 54.1 Å². The lowest BCUT2D eigenvalue weighted by Crippen LogP contribution is -1.99. The van der Waals surface area contributed by atoms with E-state index in [1.807, 2.05) is 22.6 Å². The highest BCUT2D eigenvalue weighted by Gasteiger charge is 2.09. The second-order valence-electron chi connectivity index (χ2n) is 2.59. The molecule has 0 spiro atoms. The van der Waals surface area contributed by atoms with Crippen molar-refractivity contribution in [3.63, 3.8) is 0 Å². The maximum atomic E-state index is 12.9. The van der Waals surface area contributed by atoms with Crippen molar-refractivity contribution in [2.24, 2.45) is 0 Å². The van der Waals surface area contributed by atoms with Crippen molar-refractivity contribution in [1.82, 2.24) is 0 Å². The van der Waals surface area contributed by atoms with E-state index in [4.69, 9.17) is 0 Å². The van der Waals surface area contributed by atoms with Crippen LogP contribution >= 0.6 is 22.6 Å². The van der Waals surface area contributed by atoms with Gasteiger partial charge in [0.05, 0.1) is 0 Å². The van der Waals surface area contributed by atoms with Gasteiger partial charge in [0.25, 0.3) is 0 Å². The van der Waals surface area contributed by atoms with Crippen molar-refractivity contribution in [2.75, 3.05) is 0 Å². The Labute approximate surface area is 84.1 Å². The summed E-state index contributed by atoms with van der Waals surface area (Å²) in [6.07, 6.45) is 0. The average molecular weight is 278 g/mol. The summed E-state index contributed by atoms with van der Waals surface area (Å²) in [5, 5.41) is 0. The van der Waals surface area contributed by atoms with Gasteiger partial charge in [-0.1, -0.05) is 0 Å². The molecule has 1 rings (SSSR count). The van der Waals surface area contributed by atoms with E-state index in [1.165, 1.54) is 19.1 Å². The molecular formula is C9H8FIO. The lowest BCUT2D eigenvalue weighted by Gasteiger charge is -2.03. The van der Waals surface area contributed by atoms with Gasteiger partial charge in [-0.3, -0.25) is 4.79 Å². The summed E-state index contributed by atoms with van der Waals surface area (Å²) >= 11 is 1.98. The zero-order valence-electron chi connectivity index (χ0n) is 6.82. The predicted molar refractivity (Wildman–Crippen MR) is 53.9 cm³/mol. The first kappa shape index (κ1) is 9.64. The first-order chi connectivity index (χ1) is 5.54. The van der Waals surface area contributed by atoms with Crippen LogP contribution in [-0.2, 0) is 0 Å². The van der Waals surface area contributed by atoms with Gasteiger partial charge in [0.1, 0.15) is 5.82 Å². The lowest BCUT2D eigenvalue weighted by molar-refractivity contribution is 0.101. The van der Waals surface area contributed by atoms with Crippen LogP contribution in [0.5, 0.6) is 0 Å². The minimum absolute atomic E-state index is 0.0255. The number of halogens is 2. The molecule has 3 heteroatoms. The Bertz CT molecular complexity index is 334. The van der Waals surface area contributed by atoms with E-state index < -0.39 is 0 Å². The number of hydrogen-bond donors (Lipinski definition) is 0. The maximum Gasteiger partial charge on any atom is 0.160 e. The molecule has 0 amide bonds. The van der Waals surface area contributed by atoms with Crippen LogP contribution in [0.25, 0.3) is 0 Å². The van der Waals surface area contributed by atoms with Gasteiger partial charge in [-0.15, -0.1) is 0 Å². The van der Waals surface area contributed by atoms with Gasteiger partial charge >= 0.3 is 0 Å². The first-order valence-electron chi connectivity index (χ1n) is 3.49. The zero-order valence-corrected chi connectivity index (χ0v) is 8.98. The van der Waals surface area contributed by atoms with E-state index in [0.717, 1.165) is 0 Å². The van der Waals surface area contributed by atoms with Crippen molar-refractivity contribution in [2.45, 2.75) is 13.8 Å². The van der Waals surface area contributed by atoms with Gasteiger partial charge in [0.15, 0.2) is 5.78 Å². The smallest absolute Gasteiger partial charge is 0.160 e. The van der Waals surface area contributed by atoms with Crippen LogP contribution in [0.2, 0.25) is 0 Å². The summed E-state index contributed by atoms with van der Waals surface area (Å²) in [5.41, 5.74) is 1.14. The Morgan fingerprint density at radius 3 is 2.58 bits per heavy atom. The molecule has 12 heavy (non-hydrogen) atoms. The van der Waals surface area contributed by atoms with Gasteiger partial charge in [0, 0.05) is 9.13 Å². The number of rotatable bonds is 1. The topological polar surface area (TPSA) is 17.1 Å². The fourth-order valence-corrected chi connectivity index (χ4v) is 1.75. The third kappa shape index (κ3) is 1.65. The Morgan fingerprint density at radius 1 is 1.50 bits per heavy atom. The number of carbonyl (C=O) groups is 1. The Morgan fingerprint density at radius 2 is 2.08 bits per heavy atom. The van der Waals surface area contributed by atoms with Crippen molar-refractivity contribution >= 4 is 28.4 Å². The van der Waals surface area contributed by atoms with Gasteiger partial charge in [-0.2, -0.15) is 0 Å². The molecule has 0 saturated heterocycles. The van der Waals surface area contributed by atoms with Crippen LogP contribution < -0.4 is 0 Å². The largest absolute Gasteiger partial charge is 0.294 e. The summed E-state index contributed by atoms with van der Waals surface area (Å²) in [7, 11) is 0. The molecule has 0 aliphatic rings. The fraction of sp³-hybridized carbons (Fsp3) is 0.222. The van der Waals surface area contributed by atoms with Crippen molar-refractivity contribution in [3.8, 4) is 0 Å². The summed E-state index contributed by atoms with van der Waals surface area (Å²) < 4.78 is 13.6. The van der Waals surface area contributed by atoms with Crippen LogP contribution in [0.15, 0.2) is 12.1 Å². The van der Waals surface area contributed by atoms with Crippen LogP contribution in [-0.4, -0.2) is 5.78 Å². The molecule has 1 nitrogen and oxygen atoms in total. The molecule has 0 unspecified atom stereocenters. The molecule has 0 aliphatic heterocycles. The summed E-state index contributed by atoms with van der Waals surface area (Å²) in [5.74, 6) is -0.285. The number of benzene rings is 1. The normalized spacial score (nSPS) is 10.0. The van der Waals surface area contributed by atoms with Gasteiger partial charge in [-0.25, -0.2) is 4.39 Å². The average Bonchev–Trinajstić information content (AvgIpc) is 2.00. The van der Waals surface area contributed by atoms with E-state index in [9.17, 15) is 9.18 Å². The van der Waals surface area contributed by atoms with Gasteiger partial charge in [0.2, 0.25) is 0 Å². The second kappa shape index (κ2) is 3.51. The summed E-state index contributed by atoms with van der Waals surface area (Å²) in [6, 6.07) is 2.85. The molecule has 1 aromatic rings. The minimum Gasteiger partial charge on any atom is -0.294 e. The Balaban J connectivity index is 3.36. The highest BCUT2D eigenvalue weighted by Crippen LogP contribution is 2.19. The molecule has 0 fully saturated rings. The standard InChI is InChI=1S/C9H8FIO/c1-5-8(10)4-3-7(6(2)12)9(5)11/h3-4H,1-2H3. The van der Waals surface area contributed by atoms with Crippen LogP contribution in [0.4, 0.5) is 4.39 Å². The number of ketones is 1. The first-order valence-corrected chi connectivity index (χ1v) is 4.57. The van der Waals surface area contributed by atoms with Gasteiger partial charge < -0.3 is 0 Å². The number of hydrogen-bond acceptors (Lipinski definition) is 1. The molecule has 64 valence electrons. The molecule has 0 N–H and O–H groups in total. The summed E-state index contributed by atoms with van der Waals surface area (Å²) in [6.45, 7) is 3.15. The van der Waals surface area contributed by atoms with Crippen LogP contribution in [0, 0.1) is 16.3 Å². The van der Waals surface area contributed by atoms with Crippen LogP contribution in [0.1, 0.15) is 22.8 Å². The molecule has 0 aromatic heterocycles. The Hall–Kier alpha value is -0.450. The molecule has 0 saturated carbocycles.